The number of hydrogen-bond donors (Lipinski definition) is 1. The highest BCUT2D eigenvalue weighted by atomic mass is 19.1. The minimum Gasteiger partial charge on any atom is -0.381 e. The molecule has 1 N–H and O–H groups in total. The molecule has 0 bridgehead atoms. The number of rotatable bonds is 2. The smallest absolute Gasteiger partial charge is 0.146 e. The van der Waals surface area contributed by atoms with E-state index in [1.54, 1.807) is 12.1 Å². The molecule has 1 aromatic carbocycles. The van der Waals surface area contributed by atoms with Crippen molar-refractivity contribution in [1.82, 2.24) is 0 Å². The van der Waals surface area contributed by atoms with Crippen LogP contribution in [0, 0.1) is 12.7 Å². The maximum absolute atomic E-state index is 13.5. The lowest BCUT2D eigenvalue weighted by molar-refractivity contribution is 0.0904. The predicted molar refractivity (Wildman–Crippen MR) is 58.6 cm³/mol. The molecule has 2 rings (SSSR count). The standard InChI is InChI=1S/C12H16FNO/c1-9-2-3-12(11(13)8-9)14-10-4-6-15-7-5-10/h2-3,8,10,14H,4-7H2,1H3. The Morgan fingerprint density at radius 3 is 2.73 bits per heavy atom. The monoisotopic (exact) mass is 209 g/mol. The number of hydrogen-bond acceptors (Lipinski definition) is 2. The second-order valence-electron chi connectivity index (χ2n) is 4.01. The summed E-state index contributed by atoms with van der Waals surface area (Å²) < 4.78 is 18.8. The Hall–Kier alpha value is -1.09. The molecule has 82 valence electrons. The maximum Gasteiger partial charge on any atom is 0.146 e. The molecule has 0 aliphatic carbocycles. The van der Waals surface area contributed by atoms with E-state index < -0.39 is 0 Å². The van der Waals surface area contributed by atoms with Crippen LogP contribution in [-0.2, 0) is 4.74 Å². The molecule has 3 heteroatoms. The number of benzene rings is 1. The van der Waals surface area contributed by atoms with Crippen LogP contribution >= 0.6 is 0 Å². The SMILES string of the molecule is Cc1ccc(NC2CCOCC2)c(F)c1. The van der Waals surface area contributed by atoms with Crippen molar-refractivity contribution in [2.75, 3.05) is 18.5 Å². The molecular weight excluding hydrogens is 193 g/mol. The van der Waals surface area contributed by atoms with Gasteiger partial charge in [0, 0.05) is 19.3 Å². The quantitative estimate of drug-likeness (QED) is 0.808. The van der Waals surface area contributed by atoms with Crippen molar-refractivity contribution in [3.63, 3.8) is 0 Å². The normalized spacial score (nSPS) is 17.7. The fourth-order valence-electron chi connectivity index (χ4n) is 1.80. The van der Waals surface area contributed by atoms with Crippen molar-refractivity contribution >= 4 is 5.69 Å². The lowest BCUT2D eigenvalue weighted by Gasteiger charge is -2.24. The summed E-state index contributed by atoms with van der Waals surface area (Å²) in [4.78, 5) is 0. The van der Waals surface area contributed by atoms with Gasteiger partial charge in [0.2, 0.25) is 0 Å². The third kappa shape index (κ3) is 2.69. The number of halogens is 1. The van der Waals surface area contributed by atoms with Crippen LogP contribution in [0.25, 0.3) is 0 Å². The van der Waals surface area contributed by atoms with E-state index in [4.69, 9.17) is 4.74 Å². The van der Waals surface area contributed by atoms with E-state index in [1.165, 1.54) is 0 Å². The molecule has 0 atom stereocenters. The van der Waals surface area contributed by atoms with Crippen LogP contribution < -0.4 is 5.32 Å². The van der Waals surface area contributed by atoms with Crippen LogP contribution in [-0.4, -0.2) is 19.3 Å². The van der Waals surface area contributed by atoms with Gasteiger partial charge in [-0.3, -0.25) is 0 Å². The topological polar surface area (TPSA) is 21.3 Å². The lowest BCUT2D eigenvalue weighted by Crippen LogP contribution is -2.28. The molecule has 0 amide bonds. The average molecular weight is 209 g/mol. The van der Waals surface area contributed by atoms with E-state index in [0.717, 1.165) is 31.6 Å². The third-order valence-corrected chi connectivity index (χ3v) is 2.71. The second kappa shape index (κ2) is 4.62. The molecule has 0 aromatic heterocycles. The Morgan fingerprint density at radius 2 is 2.07 bits per heavy atom. The Bertz CT molecular complexity index is 334. The molecule has 1 aliphatic heterocycles. The molecular formula is C12H16FNO. The van der Waals surface area contributed by atoms with Crippen LogP contribution in [0.2, 0.25) is 0 Å². The van der Waals surface area contributed by atoms with Gasteiger partial charge in [0.1, 0.15) is 5.82 Å². The number of anilines is 1. The van der Waals surface area contributed by atoms with Crippen LogP contribution in [0.1, 0.15) is 18.4 Å². The average Bonchev–Trinajstić information content (AvgIpc) is 2.24. The zero-order valence-corrected chi connectivity index (χ0v) is 8.92. The first-order chi connectivity index (χ1) is 7.25. The van der Waals surface area contributed by atoms with Crippen molar-refractivity contribution in [2.24, 2.45) is 0 Å². The minimum absolute atomic E-state index is 0.165. The summed E-state index contributed by atoms with van der Waals surface area (Å²) in [5, 5.41) is 3.22. The maximum atomic E-state index is 13.5. The Labute approximate surface area is 89.4 Å². The van der Waals surface area contributed by atoms with E-state index in [1.807, 2.05) is 13.0 Å². The van der Waals surface area contributed by atoms with E-state index in [0.29, 0.717) is 11.7 Å². The van der Waals surface area contributed by atoms with Gasteiger partial charge in [0.15, 0.2) is 0 Å². The first kappa shape index (κ1) is 10.4. The number of ether oxygens (including phenoxy) is 1. The summed E-state index contributed by atoms with van der Waals surface area (Å²) in [7, 11) is 0. The van der Waals surface area contributed by atoms with Gasteiger partial charge in [-0.1, -0.05) is 6.07 Å². The van der Waals surface area contributed by atoms with Crippen LogP contribution in [0.3, 0.4) is 0 Å². The van der Waals surface area contributed by atoms with E-state index in [-0.39, 0.29) is 5.82 Å². The van der Waals surface area contributed by atoms with Crippen molar-refractivity contribution in [3.8, 4) is 0 Å². The zero-order valence-electron chi connectivity index (χ0n) is 8.92. The summed E-state index contributed by atoms with van der Waals surface area (Å²) in [6, 6.07) is 5.63. The second-order valence-corrected chi connectivity index (χ2v) is 4.01. The Balaban J connectivity index is 2.03. The van der Waals surface area contributed by atoms with Crippen LogP contribution in [0.5, 0.6) is 0 Å². The van der Waals surface area contributed by atoms with Crippen molar-refractivity contribution in [2.45, 2.75) is 25.8 Å². The highest BCUT2D eigenvalue weighted by Gasteiger charge is 2.14. The lowest BCUT2D eigenvalue weighted by atomic mass is 10.1. The molecule has 0 saturated carbocycles. The number of nitrogens with one attached hydrogen (secondary N) is 1. The van der Waals surface area contributed by atoms with Gasteiger partial charge >= 0.3 is 0 Å². The van der Waals surface area contributed by atoms with E-state index in [2.05, 4.69) is 5.32 Å². The molecule has 0 radical (unpaired) electrons. The van der Waals surface area contributed by atoms with Crippen molar-refractivity contribution < 1.29 is 9.13 Å². The first-order valence-electron chi connectivity index (χ1n) is 5.36. The van der Waals surface area contributed by atoms with Crippen molar-refractivity contribution in [1.29, 1.82) is 0 Å². The molecule has 0 unspecified atom stereocenters. The summed E-state index contributed by atoms with van der Waals surface area (Å²) >= 11 is 0. The third-order valence-electron chi connectivity index (χ3n) is 2.71. The molecule has 1 saturated heterocycles. The molecule has 1 aliphatic rings. The fourth-order valence-corrected chi connectivity index (χ4v) is 1.80. The largest absolute Gasteiger partial charge is 0.381 e. The molecule has 15 heavy (non-hydrogen) atoms. The minimum atomic E-state index is -0.165. The summed E-state index contributed by atoms with van der Waals surface area (Å²) in [6.07, 6.45) is 1.90. The van der Waals surface area contributed by atoms with Crippen molar-refractivity contribution in [3.05, 3.63) is 29.6 Å². The molecule has 1 heterocycles. The Morgan fingerprint density at radius 1 is 1.33 bits per heavy atom. The predicted octanol–water partition coefficient (Wildman–Crippen LogP) is 2.73. The Kier molecular flexibility index (Phi) is 3.21. The molecule has 0 spiro atoms. The molecule has 1 aromatic rings. The summed E-state index contributed by atoms with van der Waals surface area (Å²) in [6.45, 7) is 3.43. The van der Waals surface area contributed by atoms with E-state index in [9.17, 15) is 4.39 Å². The van der Waals surface area contributed by atoms with Crippen LogP contribution in [0.15, 0.2) is 18.2 Å². The van der Waals surface area contributed by atoms with Gasteiger partial charge in [0.05, 0.1) is 5.69 Å². The molecule has 1 fully saturated rings. The highest BCUT2D eigenvalue weighted by molar-refractivity contribution is 5.46. The summed E-state index contributed by atoms with van der Waals surface area (Å²) in [5.41, 5.74) is 1.55. The number of aryl methyl sites for hydroxylation is 1. The van der Waals surface area contributed by atoms with Gasteiger partial charge < -0.3 is 10.1 Å². The highest BCUT2D eigenvalue weighted by Crippen LogP contribution is 2.19. The van der Waals surface area contributed by atoms with Gasteiger partial charge in [0.25, 0.3) is 0 Å². The van der Waals surface area contributed by atoms with E-state index >= 15 is 0 Å². The first-order valence-corrected chi connectivity index (χ1v) is 5.36. The zero-order chi connectivity index (χ0) is 10.7. The van der Waals surface area contributed by atoms with Crippen LogP contribution in [0.4, 0.5) is 10.1 Å². The van der Waals surface area contributed by atoms with Gasteiger partial charge in [-0.25, -0.2) is 4.39 Å². The summed E-state index contributed by atoms with van der Waals surface area (Å²) in [5.74, 6) is -0.165. The van der Waals surface area contributed by atoms with Gasteiger partial charge in [-0.15, -0.1) is 0 Å². The fraction of sp³-hybridized carbons (Fsp3) is 0.500. The molecule has 2 nitrogen and oxygen atoms in total. The van der Waals surface area contributed by atoms with Gasteiger partial charge in [-0.05, 0) is 37.5 Å². The van der Waals surface area contributed by atoms with Gasteiger partial charge in [-0.2, -0.15) is 0 Å².